The largest absolute Gasteiger partial charge is 0.425 e. The van der Waals surface area contributed by atoms with Crippen molar-refractivity contribution >= 4 is 26.3 Å². The lowest BCUT2D eigenvalue weighted by Crippen LogP contribution is -2.42. The number of benzene rings is 3. The van der Waals surface area contributed by atoms with Crippen molar-refractivity contribution < 1.29 is 25.2 Å². The van der Waals surface area contributed by atoms with Crippen LogP contribution in [0.1, 0.15) is 5.56 Å². The first-order valence-corrected chi connectivity index (χ1v) is 10.9. The molecule has 3 rings (SSSR count). The first-order chi connectivity index (χ1) is 13.3. The van der Waals surface area contributed by atoms with E-state index in [0.717, 1.165) is 5.56 Å². The maximum atomic E-state index is 12.9. The van der Waals surface area contributed by atoms with Crippen LogP contribution in [-0.2, 0) is 20.6 Å². The first-order valence-electron chi connectivity index (χ1n) is 8.14. The van der Waals surface area contributed by atoms with E-state index in [1.807, 2.05) is 0 Å². The molecular formula is C19H17NO6S2. The highest BCUT2D eigenvalue weighted by Gasteiger charge is 2.38. The van der Waals surface area contributed by atoms with Crippen LogP contribution in [0.4, 0.5) is 5.69 Å². The Hall–Kier alpha value is -3.04. The van der Waals surface area contributed by atoms with Gasteiger partial charge >= 0.3 is 20.6 Å². The van der Waals surface area contributed by atoms with Gasteiger partial charge in [-0.1, -0.05) is 57.8 Å². The van der Waals surface area contributed by atoms with Crippen molar-refractivity contribution in [1.29, 1.82) is 0 Å². The van der Waals surface area contributed by atoms with Gasteiger partial charge in [-0.25, -0.2) is 0 Å². The Balaban J connectivity index is 2.05. The molecule has 0 bridgehead atoms. The number of para-hydroxylation sites is 2. The Morgan fingerprint density at radius 3 is 1.39 bits per heavy atom. The van der Waals surface area contributed by atoms with Crippen molar-refractivity contribution in [3.05, 3.63) is 90.5 Å². The minimum Gasteiger partial charge on any atom is -0.366 e. The summed E-state index contributed by atoms with van der Waals surface area (Å²) in [5, 5.41) is 0. The molecule has 28 heavy (non-hydrogen) atoms. The average molecular weight is 419 g/mol. The van der Waals surface area contributed by atoms with Crippen LogP contribution in [0.2, 0.25) is 0 Å². The van der Waals surface area contributed by atoms with Crippen LogP contribution in [0.15, 0.2) is 84.9 Å². The second-order valence-corrected chi connectivity index (χ2v) is 8.75. The number of hydrogen-bond donors (Lipinski definition) is 0. The van der Waals surface area contributed by atoms with Gasteiger partial charge in [0.1, 0.15) is 11.5 Å². The van der Waals surface area contributed by atoms with E-state index in [9.17, 15) is 16.8 Å². The summed E-state index contributed by atoms with van der Waals surface area (Å²) in [5.41, 5.74) is 0.684. The molecule has 0 radical (unpaired) electrons. The topological polar surface area (TPSA) is 90.0 Å². The molecule has 0 unspecified atom stereocenters. The third-order valence-electron chi connectivity index (χ3n) is 3.54. The Kier molecular flexibility index (Phi) is 5.57. The van der Waals surface area contributed by atoms with Gasteiger partial charge in [-0.15, -0.1) is 0 Å². The smallest absolute Gasteiger partial charge is 0.366 e. The summed E-state index contributed by atoms with van der Waals surface area (Å²) in [6, 6.07) is 21.1. The molecular weight excluding hydrogens is 402 g/mol. The van der Waals surface area contributed by atoms with Gasteiger partial charge in [0.25, 0.3) is 0 Å². The van der Waals surface area contributed by atoms with Crippen LogP contribution in [0.5, 0.6) is 11.5 Å². The molecule has 0 aromatic heterocycles. The molecule has 0 amide bonds. The summed E-state index contributed by atoms with van der Waals surface area (Å²) < 4.78 is 61.6. The zero-order valence-corrected chi connectivity index (χ0v) is 16.4. The molecule has 0 aliphatic carbocycles. The van der Waals surface area contributed by atoms with Crippen molar-refractivity contribution in [2.45, 2.75) is 6.92 Å². The Bertz CT molecular complexity index is 1060. The quantitative estimate of drug-likeness (QED) is 0.583. The SMILES string of the molecule is Cc1ccc(N(S(=O)(=O)Oc2ccccc2)S(=O)(=O)Oc2ccccc2)cc1. The Morgan fingerprint density at radius 2 is 1.00 bits per heavy atom. The highest BCUT2D eigenvalue weighted by atomic mass is 32.3. The van der Waals surface area contributed by atoms with Crippen molar-refractivity contribution in [2.75, 3.05) is 3.71 Å². The predicted octanol–water partition coefficient (Wildman–Crippen LogP) is 3.45. The van der Waals surface area contributed by atoms with E-state index in [1.54, 1.807) is 55.5 Å². The maximum Gasteiger partial charge on any atom is 0.425 e. The molecule has 0 atom stereocenters. The molecule has 0 aliphatic rings. The summed E-state index contributed by atoms with van der Waals surface area (Å²) in [7, 11) is -9.60. The summed E-state index contributed by atoms with van der Waals surface area (Å²) in [6.45, 7) is 1.79. The summed E-state index contributed by atoms with van der Waals surface area (Å²) in [6.07, 6.45) is 0. The van der Waals surface area contributed by atoms with Gasteiger partial charge in [-0.2, -0.15) is 16.8 Å². The van der Waals surface area contributed by atoms with Gasteiger partial charge in [-0.05, 0) is 43.3 Å². The van der Waals surface area contributed by atoms with Crippen molar-refractivity contribution in [3.8, 4) is 11.5 Å². The number of anilines is 1. The van der Waals surface area contributed by atoms with Crippen LogP contribution in [0.3, 0.4) is 0 Å². The van der Waals surface area contributed by atoms with Gasteiger partial charge in [0.2, 0.25) is 0 Å². The molecule has 146 valence electrons. The second kappa shape index (κ2) is 7.91. The van der Waals surface area contributed by atoms with E-state index >= 15 is 0 Å². The molecule has 0 heterocycles. The fraction of sp³-hybridized carbons (Fsp3) is 0.0526. The molecule has 0 saturated heterocycles. The van der Waals surface area contributed by atoms with Crippen LogP contribution in [0, 0.1) is 6.92 Å². The molecule has 3 aromatic rings. The zero-order valence-electron chi connectivity index (χ0n) is 14.8. The van der Waals surface area contributed by atoms with Gasteiger partial charge in [0.15, 0.2) is 0 Å². The third kappa shape index (κ3) is 4.62. The number of rotatable bonds is 7. The second-order valence-electron chi connectivity index (χ2n) is 5.74. The lowest BCUT2D eigenvalue weighted by Gasteiger charge is -2.22. The zero-order chi connectivity index (χ0) is 20.2. The fourth-order valence-electron chi connectivity index (χ4n) is 2.30. The Morgan fingerprint density at radius 1 is 0.607 bits per heavy atom. The fourth-order valence-corrected chi connectivity index (χ4v) is 4.98. The number of nitrogens with zero attached hydrogens (tertiary/aromatic N) is 1. The van der Waals surface area contributed by atoms with Gasteiger partial charge in [0.05, 0.1) is 5.69 Å². The lowest BCUT2D eigenvalue weighted by molar-refractivity contribution is 0.469. The number of aryl methyl sites for hydroxylation is 1. The third-order valence-corrected chi connectivity index (χ3v) is 6.68. The minimum atomic E-state index is -4.80. The summed E-state index contributed by atoms with van der Waals surface area (Å²) in [5.74, 6) is -0.0657. The molecule has 0 spiro atoms. The maximum absolute atomic E-state index is 12.9. The van der Waals surface area contributed by atoms with Crippen LogP contribution >= 0.6 is 0 Å². The van der Waals surface area contributed by atoms with E-state index in [1.165, 1.54) is 36.4 Å². The van der Waals surface area contributed by atoms with Crippen molar-refractivity contribution in [3.63, 3.8) is 0 Å². The van der Waals surface area contributed by atoms with Crippen LogP contribution in [0.25, 0.3) is 0 Å². The molecule has 0 fully saturated rings. The molecule has 7 nitrogen and oxygen atoms in total. The van der Waals surface area contributed by atoms with Crippen molar-refractivity contribution in [2.24, 2.45) is 0 Å². The molecule has 0 aliphatic heterocycles. The van der Waals surface area contributed by atoms with Crippen molar-refractivity contribution in [1.82, 2.24) is 0 Å². The predicted molar refractivity (Wildman–Crippen MR) is 106 cm³/mol. The standard InChI is InChI=1S/C19H17NO6S2/c1-16-12-14-17(15-13-16)20(27(21,22)25-18-8-4-2-5-9-18)28(23,24)26-19-10-6-3-7-11-19/h2-15H,1H3. The first kappa shape index (κ1) is 19.7. The van der Waals surface area contributed by atoms with E-state index in [2.05, 4.69) is 0 Å². The van der Waals surface area contributed by atoms with Gasteiger partial charge in [-0.3, -0.25) is 0 Å². The number of hydrogen-bond acceptors (Lipinski definition) is 6. The average Bonchev–Trinajstić information content (AvgIpc) is 2.64. The Labute approximate surface area is 164 Å². The van der Waals surface area contributed by atoms with Crippen LogP contribution in [-0.4, -0.2) is 16.8 Å². The minimum absolute atomic E-state index is 0.0328. The van der Waals surface area contributed by atoms with Gasteiger partial charge in [0, 0.05) is 0 Å². The molecule has 0 N–H and O–H groups in total. The molecule has 9 heteroatoms. The highest BCUT2D eigenvalue weighted by molar-refractivity contribution is 8.06. The van der Waals surface area contributed by atoms with E-state index < -0.39 is 20.6 Å². The monoisotopic (exact) mass is 419 g/mol. The van der Waals surface area contributed by atoms with Crippen LogP contribution < -0.4 is 12.1 Å². The summed E-state index contributed by atoms with van der Waals surface area (Å²) >= 11 is 0. The van der Waals surface area contributed by atoms with E-state index in [4.69, 9.17) is 8.37 Å². The lowest BCUT2D eigenvalue weighted by atomic mass is 10.2. The molecule has 0 saturated carbocycles. The highest BCUT2D eigenvalue weighted by Crippen LogP contribution is 2.27. The van der Waals surface area contributed by atoms with Gasteiger partial charge < -0.3 is 8.37 Å². The van der Waals surface area contributed by atoms with E-state index in [-0.39, 0.29) is 20.9 Å². The summed E-state index contributed by atoms with van der Waals surface area (Å²) in [4.78, 5) is 0. The van der Waals surface area contributed by atoms with E-state index in [0.29, 0.717) is 0 Å². The normalized spacial score (nSPS) is 11.6. The molecule has 3 aromatic carbocycles.